The summed E-state index contributed by atoms with van der Waals surface area (Å²) in [4.78, 5) is 16.3. The molecule has 0 aliphatic rings. The number of pyridine rings is 1. The highest BCUT2D eigenvalue weighted by Crippen LogP contribution is 2.29. The molecule has 0 saturated heterocycles. The van der Waals surface area contributed by atoms with Gasteiger partial charge in [0.1, 0.15) is 6.61 Å². The molecule has 0 fully saturated rings. The average Bonchev–Trinajstić information content (AvgIpc) is 2.65. The summed E-state index contributed by atoms with van der Waals surface area (Å²) in [5.74, 6) is 1.04. The van der Waals surface area contributed by atoms with Gasteiger partial charge in [-0.25, -0.2) is 0 Å². The lowest BCUT2D eigenvalue weighted by molar-refractivity contribution is 0.0953. The largest absolute Gasteiger partial charge is 0.490 e. The molecular formula is C19H25N3O3. The number of hydrogen-bond donors (Lipinski definition) is 2. The second kappa shape index (κ2) is 10.3. The van der Waals surface area contributed by atoms with E-state index in [1.165, 1.54) is 0 Å². The van der Waals surface area contributed by atoms with Crippen molar-refractivity contribution < 1.29 is 14.3 Å². The summed E-state index contributed by atoms with van der Waals surface area (Å²) in [5.41, 5.74) is 1.52. The molecule has 0 aliphatic heterocycles. The molecular weight excluding hydrogens is 318 g/mol. The molecule has 0 bridgehead atoms. The van der Waals surface area contributed by atoms with E-state index in [1.54, 1.807) is 30.6 Å². The average molecular weight is 343 g/mol. The van der Waals surface area contributed by atoms with Crippen molar-refractivity contribution in [2.24, 2.45) is 0 Å². The second-order valence-corrected chi connectivity index (χ2v) is 5.35. The third kappa shape index (κ3) is 6.08. The number of benzene rings is 1. The van der Waals surface area contributed by atoms with E-state index in [-0.39, 0.29) is 5.91 Å². The normalized spacial score (nSPS) is 10.3. The summed E-state index contributed by atoms with van der Waals surface area (Å²) in [5, 5.41) is 6.04. The SMILES string of the molecule is CCNCCNC(=O)c1ccc(OCc2cccnc2)c(OCC)c1. The molecule has 0 aliphatic carbocycles. The fourth-order valence-corrected chi connectivity index (χ4v) is 2.22. The molecule has 0 unspecified atom stereocenters. The molecule has 0 radical (unpaired) electrons. The van der Waals surface area contributed by atoms with Crippen molar-refractivity contribution in [2.45, 2.75) is 20.5 Å². The van der Waals surface area contributed by atoms with Crippen LogP contribution >= 0.6 is 0 Å². The monoisotopic (exact) mass is 343 g/mol. The van der Waals surface area contributed by atoms with Crippen LogP contribution in [0.2, 0.25) is 0 Å². The first-order chi connectivity index (χ1) is 12.2. The Morgan fingerprint density at radius 3 is 2.72 bits per heavy atom. The highest BCUT2D eigenvalue weighted by Gasteiger charge is 2.11. The minimum absolute atomic E-state index is 0.127. The van der Waals surface area contributed by atoms with Crippen LogP contribution in [0.1, 0.15) is 29.8 Å². The zero-order valence-corrected chi connectivity index (χ0v) is 14.7. The van der Waals surface area contributed by atoms with E-state index in [1.807, 2.05) is 26.0 Å². The highest BCUT2D eigenvalue weighted by atomic mass is 16.5. The first-order valence-corrected chi connectivity index (χ1v) is 8.52. The molecule has 2 N–H and O–H groups in total. The van der Waals surface area contributed by atoms with Gasteiger partial charge < -0.3 is 20.1 Å². The third-order valence-corrected chi connectivity index (χ3v) is 3.46. The Morgan fingerprint density at radius 2 is 2.00 bits per heavy atom. The van der Waals surface area contributed by atoms with Crippen LogP contribution in [0.5, 0.6) is 11.5 Å². The molecule has 2 aromatic rings. The van der Waals surface area contributed by atoms with E-state index in [0.717, 1.165) is 18.7 Å². The van der Waals surface area contributed by atoms with Gasteiger partial charge in [-0.2, -0.15) is 0 Å². The maximum atomic E-state index is 12.2. The lowest BCUT2D eigenvalue weighted by Crippen LogP contribution is -2.31. The topological polar surface area (TPSA) is 72.5 Å². The molecule has 25 heavy (non-hydrogen) atoms. The van der Waals surface area contributed by atoms with Gasteiger partial charge in [-0.1, -0.05) is 13.0 Å². The number of carbonyl (C=O) groups excluding carboxylic acids is 1. The van der Waals surface area contributed by atoms with Crippen molar-refractivity contribution in [1.29, 1.82) is 0 Å². The number of hydrogen-bond acceptors (Lipinski definition) is 5. The maximum absolute atomic E-state index is 12.2. The Hall–Kier alpha value is -2.60. The minimum atomic E-state index is -0.127. The van der Waals surface area contributed by atoms with Crippen LogP contribution in [-0.4, -0.2) is 37.1 Å². The van der Waals surface area contributed by atoms with E-state index in [2.05, 4.69) is 15.6 Å². The summed E-state index contributed by atoms with van der Waals surface area (Å²) in [6, 6.07) is 9.03. The predicted molar refractivity (Wildman–Crippen MR) is 97.1 cm³/mol. The Morgan fingerprint density at radius 1 is 1.12 bits per heavy atom. The number of amides is 1. The fraction of sp³-hybridized carbons (Fsp3) is 0.368. The van der Waals surface area contributed by atoms with E-state index in [0.29, 0.717) is 36.8 Å². The molecule has 1 aromatic carbocycles. The number of likely N-dealkylation sites (N-methyl/N-ethyl adjacent to an activating group) is 1. The quantitative estimate of drug-likeness (QED) is 0.648. The lowest BCUT2D eigenvalue weighted by Gasteiger charge is -2.13. The number of nitrogens with one attached hydrogen (secondary N) is 2. The van der Waals surface area contributed by atoms with Crippen LogP contribution in [0, 0.1) is 0 Å². The summed E-state index contributed by atoms with van der Waals surface area (Å²) in [6.45, 7) is 7.02. The van der Waals surface area contributed by atoms with Crippen molar-refractivity contribution in [2.75, 3.05) is 26.2 Å². The highest BCUT2D eigenvalue weighted by molar-refractivity contribution is 5.94. The van der Waals surface area contributed by atoms with Gasteiger partial charge in [0.05, 0.1) is 6.61 Å². The predicted octanol–water partition coefficient (Wildman–Crippen LogP) is 2.40. The Balaban J connectivity index is 2.02. The smallest absolute Gasteiger partial charge is 0.251 e. The number of rotatable bonds is 10. The van der Waals surface area contributed by atoms with Crippen LogP contribution in [0.4, 0.5) is 0 Å². The van der Waals surface area contributed by atoms with Crippen molar-refractivity contribution in [3.8, 4) is 11.5 Å². The molecule has 6 nitrogen and oxygen atoms in total. The molecule has 134 valence electrons. The summed E-state index contributed by atoms with van der Waals surface area (Å²) >= 11 is 0. The first-order valence-electron chi connectivity index (χ1n) is 8.52. The van der Waals surface area contributed by atoms with Gasteiger partial charge in [0.15, 0.2) is 11.5 Å². The number of aromatic nitrogens is 1. The summed E-state index contributed by atoms with van der Waals surface area (Å²) in [7, 11) is 0. The third-order valence-electron chi connectivity index (χ3n) is 3.46. The van der Waals surface area contributed by atoms with Crippen LogP contribution in [0.15, 0.2) is 42.7 Å². The van der Waals surface area contributed by atoms with E-state index in [9.17, 15) is 4.79 Å². The van der Waals surface area contributed by atoms with E-state index < -0.39 is 0 Å². The number of carbonyl (C=O) groups is 1. The summed E-state index contributed by atoms with van der Waals surface area (Å²) in [6.07, 6.45) is 3.48. The van der Waals surface area contributed by atoms with Crippen LogP contribution in [-0.2, 0) is 6.61 Å². The molecule has 0 atom stereocenters. The first kappa shape index (κ1) is 18.7. The van der Waals surface area contributed by atoms with Gasteiger partial charge in [-0.05, 0) is 37.7 Å². The lowest BCUT2D eigenvalue weighted by atomic mass is 10.2. The second-order valence-electron chi connectivity index (χ2n) is 5.35. The number of nitrogens with zero attached hydrogens (tertiary/aromatic N) is 1. The fourth-order valence-electron chi connectivity index (χ4n) is 2.22. The minimum Gasteiger partial charge on any atom is -0.490 e. The van der Waals surface area contributed by atoms with Gasteiger partial charge >= 0.3 is 0 Å². The molecule has 1 heterocycles. The molecule has 1 amide bonds. The molecule has 0 spiro atoms. The van der Waals surface area contributed by atoms with Gasteiger partial charge in [-0.3, -0.25) is 9.78 Å². The van der Waals surface area contributed by atoms with Gasteiger partial charge in [-0.15, -0.1) is 0 Å². The molecule has 2 rings (SSSR count). The maximum Gasteiger partial charge on any atom is 0.251 e. The molecule has 1 aromatic heterocycles. The van der Waals surface area contributed by atoms with Crippen molar-refractivity contribution in [3.63, 3.8) is 0 Å². The van der Waals surface area contributed by atoms with Crippen LogP contribution < -0.4 is 20.1 Å². The zero-order valence-electron chi connectivity index (χ0n) is 14.7. The van der Waals surface area contributed by atoms with Gasteiger partial charge in [0, 0.05) is 36.6 Å². The van der Waals surface area contributed by atoms with E-state index in [4.69, 9.17) is 9.47 Å². The zero-order chi connectivity index (χ0) is 17.9. The molecule has 0 saturated carbocycles. The van der Waals surface area contributed by atoms with Crippen LogP contribution in [0.3, 0.4) is 0 Å². The van der Waals surface area contributed by atoms with Crippen LogP contribution in [0.25, 0.3) is 0 Å². The summed E-state index contributed by atoms with van der Waals surface area (Å²) < 4.78 is 11.4. The van der Waals surface area contributed by atoms with Crippen molar-refractivity contribution in [3.05, 3.63) is 53.9 Å². The van der Waals surface area contributed by atoms with Crippen molar-refractivity contribution >= 4 is 5.91 Å². The Labute approximate surface area is 148 Å². The Kier molecular flexibility index (Phi) is 7.72. The van der Waals surface area contributed by atoms with Gasteiger partial charge in [0.2, 0.25) is 0 Å². The van der Waals surface area contributed by atoms with E-state index >= 15 is 0 Å². The Bertz CT molecular complexity index is 662. The standard InChI is InChI=1S/C19H25N3O3/c1-3-20-10-11-22-19(23)16-7-8-17(18(12-16)24-4-2)25-14-15-6-5-9-21-13-15/h5-9,12-13,20H,3-4,10-11,14H2,1-2H3,(H,22,23). The van der Waals surface area contributed by atoms with Gasteiger partial charge in [0.25, 0.3) is 5.91 Å². The number of ether oxygens (including phenoxy) is 2. The molecule has 6 heteroatoms. The van der Waals surface area contributed by atoms with Crippen molar-refractivity contribution in [1.82, 2.24) is 15.6 Å².